The summed E-state index contributed by atoms with van der Waals surface area (Å²) in [5, 5.41) is 8.98. The second kappa shape index (κ2) is 4.85. The number of nitrogens with zero attached hydrogens (tertiary/aromatic N) is 1. The van der Waals surface area contributed by atoms with E-state index in [0.29, 0.717) is 12.8 Å². The van der Waals surface area contributed by atoms with Crippen molar-refractivity contribution < 1.29 is 14.3 Å². The number of carbonyl (C=O) groups is 1. The standard InChI is InChI=1S/C10H15NO3/c1-2-13-9(12)14-10(8-11)6-4-3-5-7-10/h2-7H2,1H3. The molecule has 0 bridgehead atoms. The molecule has 0 unspecified atom stereocenters. The highest BCUT2D eigenvalue weighted by Gasteiger charge is 2.36. The van der Waals surface area contributed by atoms with Crippen molar-refractivity contribution in [1.29, 1.82) is 5.26 Å². The molecule has 4 heteroatoms. The first-order valence-electron chi connectivity index (χ1n) is 4.99. The topological polar surface area (TPSA) is 59.3 Å². The maximum Gasteiger partial charge on any atom is 0.509 e. The van der Waals surface area contributed by atoms with E-state index >= 15 is 0 Å². The van der Waals surface area contributed by atoms with Gasteiger partial charge >= 0.3 is 6.16 Å². The van der Waals surface area contributed by atoms with Crippen LogP contribution in [-0.4, -0.2) is 18.4 Å². The van der Waals surface area contributed by atoms with Crippen molar-refractivity contribution in [2.45, 2.75) is 44.6 Å². The fraction of sp³-hybridized carbons (Fsp3) is 0.800. The molecule has 0 spiro atoms. The molecule has 4 nitrogen and oxygen atoms in total. The van der Waals surface area contributed by atoms with Gasteiger partial charge in [-0.05, 0) is 19.8 Å². The van der Waals surface area contributed by atoms with Crippen LogP contribution in [0.5, 0.6) is 0 Å². The quantitative estimate of drug-likeness (QED) is 0.638. The first-order chi connectivity index (χ1) is 6.72. The number of nitriles is 1. The van der Waals surface area contributed by atoms with Crippen molar-refractivity contribution in [3.63, 3.8) is 0 Å². The van der Waals surface area contributed by atoms with Crippen LogP contribution in [0.2, 0.25) is 0 Å². The minimum Gasteiger partial charge on any atom is -0.435 e. The lowest BCUT2D eigenvalue weighted by Crippen LogP contribution is -2.35. The molecule has 0 heterocycles. The number of rotatable bonds is 2. The molecule has 1 saturated carbocycles. The van der Waals surface area contributed by atoms with Gasteiger partial charge in [-0.1, -0.05) is 6.42 Å². The van der Waals surface area contributed by atoms with Gasteiger partial charge in [-0.2, -0.15) is 5.26 Å². The van der Waals surface area contributed by atoms with Gasteiger partial charge in [-0.3, -0.25) is 0 Å². The van der Waals surface area contributed by atoms with Gasteiger partial charge in [0, 0.05) is 12.8 Å². The van der Waals surface area contributed by atoms with Crippen molar-refractivity contribution in [3.8, 4) is 6.07 Å². The van der Waals surface area contributed by atoms with Gasteiger partial charge in [0.1, 0.15) is 6.07 Å². The number of hydrogen-bond donors (Lipinski definition) is 0. The summed E-state index contributed by atoms with van der Waals surface area (Å²) in [5.41, 5.74) is -0.926. The van der Waals surface area contributed by atoms with Crippen molar-refractivity contribution in [3.05, 3.63) is 0 Å². The summed E-state index contributed by atoms with van der Waals surface area (Å²) in [7, 11) is 0. The third-order valence-electron chi connectivity index (χ3n) is 2.41. The Morgan fingerprint density at radius 1 is 1.43 bits per heavy atom. The molecule has 1 rings (SSSR count). The van der Waals surface area contributed by atoms with Gasteiger partial charge in [-0.15, -0.1) is 0 Å². The Hall–Kier alpha value is -1.24. The maximum atomic E-state index is 11.1. The van der Waals surface area contributed by atoms with Crippen LogP contribution < -0.4 is 0 Å². The van der Waals surface area contributed by atoms with Crippen molar-refractivity contribution >= 4 is 6.16 Å². The normalized spacial score (nSPS) is 19.4. The van der Waals surface area contributed by atoms with Crippen LogP contribution in [0.3, 0.4) is 0 Å². The molecule has 0 amide bonds. The lowest BCUT2D eigenvalue weighted by atomic mass is 9.86. The molecule has 0 aromatic rings. The fourth-order valence-electron chi connectivity index (χ4n) is 1.67. The van der Waals surface area contributed by atoms with E-state index in [4.69, 9.17) is 10.00 Å². The molecular weight excluding hydrogens is 182 g/mol. The SMILES string of the molecule is CCOC(=O)OC1(C#N)CCCCC1. The Kier molecular flexibility index (Phi) is 3.75. The number of carbonyl (C=O) groups excluding carboxylic acids is 1. The molecule has 1 fully saturated rings. The maximum absolute atomic E-state index is 11.1. The molecule has 0 N–H and O–H groups in total. The molecule has 0 saturated heterocycles. The first kappa shape index (κ1) is 10.8. The van der Waals surface area contributed by atoms with E-state index in [9.17, 15) is 4.79 Å². The minimum absolute atomic E-state index is 0.278. The molecule has 78 valence electrons. The van der Waals surface area contributed by atoms with Gasteiger partial charge < -0.3 is 9.47 Å². The molecule has 0 aliphatic heterocycles. The predicted octanol–water partition coefficient (Wildman–Crippen LogP) is 2.39. The molecule has 0 aromatic carbocycles. The fourth-order valence-corrected chi connectivity index (χ4v) is 1.67. The van der Waals surface area contributed by atoms with Crippen LogP contribution in [0.4, 0.5) is 4.79 Å². The number of hydrogen-bond acceptors (Lipinski definition) is 4. The van der Waals surface area contributed by atoms with Gasteiger partial charge in [0.15, 0.2) is 0 Å². The van der Waals surface area contributed by atoms with Gasteiger partial charge in [0.05, 0.1) is 6.61 Å². The van der Waals surface area contributed by atoms with E-state index in [1.165, 1.54) is 0 Å². The van der Waals surface area contributed by atoms with Crippen LogP contribution >= 0.6 is 0 Å². The monoisotopic (exact) mass is 197 g/mol. The average molecular weight is 197 g/mol. The summed E-state index contributed by atoms with van der Waals surface area (Å²) in [6.45, 7) is 1.99. The lowest BCUT2D eigenvalue weighted by molar-refractivity contribution is -0.0215. The Morgan fingerprint density at radius 2 is 2.07 bits per heavy atom. The van der Waals surface area contributed by atoms with Crippen LogP contribution in [-0.2, 0) is 9.47 Å². The Balaban J connectivity index is 2.52. The first-order valence-corrected chi connectivity index (χ1v) is 4.99. The van der Waals surface area contributed by atoms with E-state index in [2.05, 4.69) is 10.8 Å². The minimum atomic E-state index is -0.926. The largest absolute Gasteiger partial charge is 0.509 e. The Morgan fingerprint density at radius 3 is 2.57 bits per heavy atom. The van der Waals surface area contributed by atoms with E-state index in [0.717, 1.165) is 19.3 Å². The zero-order valence-electron chi connectivity index (χ0n) is 8.41. The summed E-state index contributed by atoms with van der Waals surface area (Å²) in [4.78, 5) is 11.1. The molecule has 0 aromatic heterocycles. The second-order valence-corrected chi connectivity index (χ2v) is 3.45. The zero-order chi connectivity index (χ0) is 10.4. The molecule has 1 aliphatic carbocycles. The lowest BCUT2D eigenvalue weighted by Gasteiger charge is -2.29. The molecule has 1 aliphatic rings. The summed E-state index contributed by atoms with van der Waals surface area (Å²) < 4.78 is 9.71. The number of ether oxygens (including phenoxy) is 2. The highest BCUT2D eigenvalue weighted by atomic mass is 16.7. The van der Waals surface area contributed by atoms with Crippen LogP contribution in [0.25, 0.3) is 0 Å². The highest BCUT2D eigenvalue weighted by Crippen LogP contribution is 2.31. The Bertz CT molecular complexity index is 238. The van der Waals surface area contributed by atoms with E-state index in [1.54, 1.807) is 6.92 Å². The summed E-state index contributed by atoms with van der Waals surface area (Å²) in [6, 6.07) is 2.08. The van der Waals surface area contributed by atoms with Gasteiger partial charge in [0.2, 0.25) is 5.60 Å². The van der Waals surface area contributed by atoms with E-state index < -0.39 is 11.8 Å². The van der Waals surface area contributed by atoms with E-state index in [-0.39, 0.29) is 6.61 Å². The van der Waals surface area contributed by atoms with Crippen LogP contribution in [0.15, 0.2) is 0 Å². The summed E-state index contributed by atoms with van der Waals surface area (Å²) in [6.07, 6.45) is 3.51. The smallest absolute Gasteiger partial charge is 0.435 e. The highest BCUT2D eigenvalue weighted by molar-refractivity contribution is 5.61. The summed E-state index contributed by atoms with van der Waals surface area (Å²) in [5.74, 6) is 0. The third-order valence-corrected chi connectivity index (χ3v) is 2.41. The zero-order valence-corrected chi connectivity index (χ0v) is 8.41. The Labute approximate surface area is 83.8 Å². The molecule has 0 atom stereocenters. The van der Waals surface area contributed by atoms with Crippen molar-refractivity contribution in [2.75, 3.05) is 6.61 Å². The molecule has 0 radical (unpaired) electrons. The molecule has 14 heavy (non-hydrogen) atoms. The average Bonchev–Trinajstić information content (AvgIpc) is 2.19. The van der Waals surface area contributed by atoms with Crippen molar-refractivity contribution in [1.82, 2.24) is 0 Å². The van der Waals surface area contributed by atoms with Gasteiger partial charge in [0.25, 0.3) is 0 Å². The van der Waals surface area contributed by atoms with Gasteiger partial charge in [-0.25, -0.2) is 4.79 Å². The van der Waals surface area contributed by atoms with Crippen LogP contribution in [0.1, 0.15) is 39.0 Å². The van der Waals surface area contributed by atoms with Crippen molar-refractivity contribution in [2.24, 2.45) is 0 Å². The second-order valence-electron chi connectivity index (χ2n) is 3.45. The molecular formula is C10H15NO3. The summed E-state index contributed by atoms with van der Waals surface area (Å²) >= 11 is 0. The van der Waals surface area contributed by atoms with E-state index in [1.807, 2.05) is 0 Å². The van der Waals surface area contributed by atoms with Crippen LogP contribution in [0, 0.1) is 11.3 Å². The third kappa shape index (κ3) is 2.63. The predicted molar refractivity (Wildman–Crippen MR) is 49.5 cm³/mol.